The Balaban J connectivity index is 1.65. The first kappa shape index (κ1) is 19.7. The van der Waals surface area contributed by atoms with Gasteiger partial charge >= 0.3 is 0 Å². The van der Waals surface area contributed by atoms with E-state index in [-0.39, 0.29) is 17.9 Å². The van der Waals surface area contributed by atoms with E-state index >= 15 is 0 Å². The molecule has 3 rings (SSSR count). The van der Waals surface area contributed by atoms with Gasteiger partial charge in [0, 0.05) is 18.3 Å². The van der Waals surface area contributed by atoms with E-state index in [9.17, 15) is 4.79 Å². The molecule has 146 valence electrons. The van der Waals surface area contributed by atoms with E-state index in [1.807, 2.05) is 30.3 Å². The zero-order chi connectivity index (χ0) is 20.3. The van der Waals surface area contributed by atoms with Crippen LogP contribution in [0.3, 0.4) is 0 Å². The molecule has 1 aliphatic rings. The standard InChI is InChI=1S/C23H27N3O2/c1-16-14-23(2,3)26(4)21-11-8-18(12-20(16)21)15-24-25-22(27)13-17-6-9-19(28-5)10-7-17/h6-12,14-15H,13H2,1-5H3,(H,25,27)/b24-15-. The van der Waals surface area contributed by atoms with Crippen LogP contribution in [0.5, 0.6) is 5.75 Å². The number of carbonyl (C=O) groups excluding carboxylic acids is 1. The number of nitrogens with zero attached hydrogens (tertiary/aromatic N) is 2. The van der Waals surface area contributed by atoms with Crippen molar-refractivity contribution >= 4 is 23.4 Å². The zero-order valence-electron chi connectivity index (χ0n) is 17.1. The van der Waals surface area contributed by atoms with Gasteiger partial charge in [0.1, 0.15) is 5.75 Å². The Labute approximate surface area is 166 Å². The Bertz CT molecular complexity index is 927. The fourth-order valence-corrected chi connectivity index (χ4v) is 3.40. The van der Waals surface area contributed by atoms with Crippen molar-refractivity contribution in [2.75, 3.05) is 19.1 Å². The molecule has 2 aromatic rings. The molecule has 0 bridgehead atoms. The number of rotatable bonds is 5. The van der Waals surface area contributed by atoms with Gasteiger partial charge in [0.15, 0.2) is 0 Å². The van der Waals surface area contributed by atoms with E-state index in [0.717, 1.165) is 16.9 Å². The SMILES string of the molecule is COc1ccc(CC(=O)N/N=C\c2ccc3c(c2)C(C)=CC(C)(C)N3C)cc1. The molecule has 1 aliphatic heterocycles. The molecule has 2 aromatic carbocycles. The lowest BCUT2D eigenvalue weighted by Crippen LogP contribution is -2.42. The second-order valence-electron chi connectivity index (χ2n) is 7.63. The topological polar surface area (TPSA) is 53.9 Å². The second kappa shape index (κ2) is 7.89. The number of anilines is 1. The molecular weight excluding hydrogens is 350 g/mol. The predicted molar refractivity (Wildman–Crippen MR) is 115 cm³/mol. The summed E-state index contributed by atoms with van der Waals surface area (Å²) in [5.41, 5.74) is 8.08. The molecule has 0 radical (unpaired) electrons. The summed E-state index contributed by atoms with van der Waals surface area (Å²) in [7, 11) is 3.72. The molecule has 0 unspecified atom stereocenters. The maximum absolute atomic E-state index is 12.1. The zero-order valence-corrected chi connectivity index (χ0v) is 17.1. The lowest BCUT2D eigenvalue weighted by atomic mass is 9.89. The molecule has 0 aliphatic carbocycles. The molecule has 0 spiro atoms. The number of allylic oxidation sites excluding steroid dienone is 1. The summed E-state index contributed by atoms with van der Waals surface area (Å²) in [5, 5.41) is 4.11. The van der Waals surface area contributed by atoms with Crippen LogP contribution in [0.15, 0.2) is 53.6 Å². The number of fused-ring (bicyclic) bond motifs is 1. The average Bonchev–Trinajstić information content (AvgIpc) is 2.66. The first-order valence-electron chi connectivity index (χ1n) is 9.33. The van der Waals surface area contributed by atoms with Crippen LogP contribution in [-0.4, -0.2) is 31.8 Å². The molecular formula is C23H27N3O2. The summed E-state index contributed by atoms with van der Waals surface area (Å²) >= 11 is 0. The molecule has 5 heteroatoms. The smallest absolute Gasteiger partial charge is 0.244 e. The number of hydrogen-bond acceptors (Lipinski definition) is 4. The Kier molecular flexibility index (Phi) is 5.54. The lowest BCUT2D eigenvalue weighted by Gasteiger charge is -2.40. The van der Waals surface area contributed by atoms with Crippen LogP contribution >= 0.6 is 0 Å². The Morgan fingerprint density at radius 2 is 1.93 bits per heavy atom. The monoisotopic (exact) mass is 377 g/mol. The number of amides is 1. The fraction of sp³-hybridized carbons (Fsp3) is 0.304. The highest BCUT2D eigenvalue weighted by atomic mass is 16.5. The minimum Gasteiger partial charge on any atom is -0.497 e. The van der Waals surface area contributed by atoms with E-state index in [2.05, 4.69) is 61.5 Å². The van der Waals surface area contributed by atoms with E-state index < -0.39 is 0 Å². The highest BCUT2D eigenvalue weighted by molar-refractivity contribution is 5.88. The number of methoxy groups -OCH3 is 1. The van der Waals surface area contributed by atoms with Crippen LogP contribution in [0.2, 0.25) is 0 Å². The van der Waals surface area contributed by atoms with Gasteiger partial charge in [-0.3, -0.25) is 4.79 Å². The largest absolute Gasteiger partial charge is 0.497 e. The number of likely N-dealkylation sites (N-methyl/N-ethyl adjacent to an activating group) is 1. The normalized spacial score (nSPS) is 15.2. The van der Waals surface area contributed by atoms with Crippen molar-refractivity contribution < 1.29 is 9.53 Å². The van der Waals surface area contributed by atoms with Gasteiger partial charge in [-0.2, -0.15) is 5.10 Å². The Morgan fingerprint density at radius 1 is 1.21 bits per heavy atom. The van der Waals surface area contributed by atoms with Crippen molar-refractivity contribution in [3.05, 3.63) is 65.2 Å². The molecule has 1 amide bonds. The van der Waals surface area contributed by atoms with E-state index in [1.165, 1.54) is 16.8 Å². The van der Waals surface area contributed by atoms with E-state index in [1.54, 1.807) is 13.3 Å². The predicted octanol–water partition coefficient (Wildman–Crippen LogP) is 4.02. The first-order chi connectivity index (χ1) is 13.3. The molecule has 0 fully saturated rings. The van der Waals surface area contributed by atoms with Gasteiger partial charge in [0.2, 0.25) is 5.91 Å². The average molecular weight is 377 g/mol. The molecule has 0 saturated heterocycles. The van der Waals surface area contributed by atoms with Gasteiger partial charge < -0.3 is 9.64 Å². The minimum atomic E-state index is -0.156. The summed E-state index contributed by atoms with van der Waals surface area (Å²) in [6.45, 7) is 6.53. The molecule has 1 N–H and O–H groups in total. The van der Waals surface area contributed by atoms with Crippen LogP contribution in [0.1, 0.15) is 37.5 Å². The van der Waals surface area contributed by atoms with Gasteiger partial charge in [0.05, 0.1) is 25.3 Å². The van der Waals surface area contributed by atoms with Crippen LogP contribution < -0.4 is 15.1 Å². The number of ether oxygens (including phenoxy) is 1. The third-order valence-electron chi connectivity index (χ3n) is 5.17. The third kappa shape index (κ3) is 4.25. The quantitative estimate of drug-likeness (QED) is 0.632. The Hall–Kier alpha value is -3.08. The van der Waals surface area contributed by atoms with Gasteiger partial charge in [-0.1, -0.05) is 24.3 Å². The maximum atomic E-state index is 12.1. The second-order valence-corrected chi connectivity index (χ2v) is 7.63. The number of benzene rings is 2. The van der Waals surface area contributed by atoms with Crippen LogP contribution in [-0.2, 0) is 11.2 Å². The van der Waals surface area contributed by atoms with Crippen LogP contribution in [0, 0.1) is 0 Å². The molecule has 5 nitrogen and oxygen atoms in total. The number of carbonyl (C=O) groups is 1. The van der Waals surface area contributed by atoms with Crippen LogP contribution in [0.25, 0.3) is 5.57 Å². The lowest BCUT2D eigenvalue weighted by molar-refractivity contribution is -0.120. The van der Waals surface area contributed by atoms with E-state index in [4.69, 9.17) is 4.74 Å². The molecule has 0 saturated carbocycles. The highest BCUT2D eigenvalue weighted by Crippen LogP contribution is 2.37. The van der Waals surface area contributed by atoms with Crippen LogP contribution in [0.4, 0.5) is 5.69 Å². The maximum Gasteiger partial charge on any atom is 0.244 e. The summed E-state index contributed by atoms with van der Waals surface area (Å²) in [5.74, 6) is 0.616. The summed E-state index contributed by atoms with van der Waals surface area (Å²) < 4.78 is 5.12. The summed E-state index contributed by atoms with van der Waals surface area (Å²) in [6, 6.07) is 13.7. The number of hydrogen-bond donors (Lipinski definition) is 1. The fourth-order valence-electron chi connectivity index (χ4n) is 3.40. The minimum absolute atomic E-state index is 0.0118. The van der Waals surface area contributed by atoms with Gasteiger partial charge in [0.25, 0.3) is 0 Å². The molecule has 0 atom stereocenters. The molecule has 1 heterocycles. The van der Waals surface area contributed by atoms with Crippen molar-refractivity contribution in [2.24, 2.45) is 5.10 Å². The summed E-state index contributed by atoms with van der Waals surface area (Å²) in [6.07, 6.45) is 4.22. The van der Waals surface area contributed by atoms with Gasteiger partial charge in [-0.05, 0) is 61.7 Å². The van der Waals surface area contributed by atoms with Crippen molar-refractivity contribution in [1.82, 2.24) is 5.43 Å². The van der Waals surface area contributed by atoms with Gasteiger partial charge in [-0.25, -0.2) is 5.43 Å². The number of nitrogens with one attached hydrogen (secondary N) is 1. The first-order valence-corrected chi connectivity index (χ1v) is 9.33. The van der Waals surface area contributed by atoms with Crippen molar-refractivity contribution in [1.29, 1.82) is 0 Å². The molecule has 28 heavy (non-hydrogen) atoms. The van der Waals surface area contributed by atoms with Gasteiger partial charge in [-0.15, -0.1) is 0 Å². The number of hydrazone groups is 1. The van der Waals surface area contributed by atoms with Crippen molar-refractivity contribution in [3.63, 3.8) is 0 Å². The molecule has 0 aromatic heterocycles. The highest BCUT2D eigenvalue weighted by Gasteiger charge is 2.28. The van der Waals surface area contributed by atoms with Crippen molar-refractivity contribution in [2.45, 2.75) is 32.7 Å². The third-order valence-corrected chi connectivity index (χ3v) is 5.17. The van der Waals surface area contributed by atoms with E-state index in [0.29, 0.717) is 0 Å². The Morgan fingerprint density at radius 3 is 2.61 bits per heavy atom. The summed E-state index contributed by atoms with van der Waals surface area (Å²) in [4.78, 5) is 14.4. The van der Waals surface area contributed by atoms with Crippen molar-refractivity contribution in [3.8, 4) is 5.75 Å².